The first-order valence-electron chi connectivity index (χ1n) is 5.02. The summed E-state index contributed by atoms with van der Waals surface area (Å²) < 4.78 is 22.8. The lowest BCUT2D eigenvalue weighted by atomic mass is 9.84. The van der Waals surface area contributed by atoms with Crippen molar-refractivity contribution < 1.29 is 8.42 Å². The molecule has 0 aliphatic heterocycles. The average molecular weight is 245 g/mol. The summed E-state index contributed by atoms with van der Waals surface area (Å²) in [6.07, 6.45) is 1.51. The van der Waals surface area contributed by atoms with E-state index in [0.717, 1.165) is 17.5 Å². The second-order valence-corrected chi connectivity index (χ2v) is 6.88. The normalized spacial score (nSPS) is 26.0. The van der Waals surface area contributed by atoms with Gasteiger partial charge in [-0.25, -0.2) is 8.42 Å². The molecule has 0 spiro atoms. The van der Waals surface area contributed by atoms with Gasteiger partial charge < -0.3 is 0 Å². The molecule has 2 atom stereocenters. The molecule has 0 N–H and O–H groups in total. The van der Waals surface area contributed by atoms with Crippen LogP contribution < -0.4 is 0 Å². The van der Waals surface area contributed by atoms with Crippen molar-refractivity contribution in [2.45, 2.75) is 30.9 Å². The Bertz CT molecular complexity index is 467. The molecule has 1 aliphatic rings. The van der Waals surface area contributed by atoms with E-state index in [1.165, 1.54) is 0 Å². The van der Waals surface area contributed by atoms with Gasteiger partial charge in [0.05, 0.1) is 0 Å². The van der Waals surface area contributed by atoms with Crippen molar-refractivity contribution in [2.24, 2.45) is 0 Å². The van der Waals surface area contributed by atoms with Crippen LogP contribution in [0.5, 0.6) is 0 Å². The monoisotopic (exact) mass is 244 g/mol. The van der Waals surface area contributed by atoms with Gasteiger partial charge in [-0.1, -0.05) is 31.2 Å². The Kier molecular flexibility index (Phi) is 2.77. The van der Waals surface area contributed by atoms with Gasteiger partial charge >= 0.3 is 0 Å². The third-order valence-electron chi connectivity index (χ3n) is 3.08. The van der Waals surface area contributed by atoms with E-state index in [-0.39, 0.29) is 0 Å². The lowest BCUT2D eigenvalue weighted by molar-refractivity contribution is 0.544. The van der Waals surface area contributed by atoms with Crippen LogP contribution in [0.4, 0.5) is 0 Å². The average Bonchev–Trinajstić information content (AvgIpc) is 2.17. The molecule has 0 saturated heterocycles. The van der Waals surface area contributed by atoms with E-state index in [0.29, 0.717) is 12.3 Å². The number of benzene rings is 1. The van der Waals surface area contributed by atoms with Crippen molar-refractivity contribution in [2.75, 3.05) is 0 Å². The third kappa shape index (κ3) is 2.04. The van der Waals surface area contributed by atoms with Gasteiger partial charge in [-0.3, -0.25) is 0 Å². The first kappa shape index (κ1) is 11.0. The zero-order chi connectivity index (χ0) is 11.1. The standard InChI is InChI=1S/C11H13ClO2S/c1-8-6-7-11(15(12,13)14)10-5-3-2-4-9(8)10/h2-5,8,11H,6-7H2,1H3. The number of rotatable bonds is 1. The summed E-state index contributed by atoms with van der Waals surface area (Å²) in [4.78, 5) is 0. The molecule has 0 fully saturated rings. The molecular formula is C11H13ClO2S. The van der Waals surface area contributed by atoms with Crippen molar-refractivity contribution in [3.05, 3.63) is 35.4 Å². The van der Waals surface area contributed by atoms with Crippen LogP contribution in [0.1, 0.15) is 42.1 Å². The Labute approximate surface area is 94.7 Å². The molecule has 2 rings (SSSR count). The molecule has 1 aromatic rings. The minimum atomic E-state index is -3.49. The van der Waals surface area contributed by atoms with E-state index < -0.39 is 14.3 Å². The molecule has 0 amide bonds. The minimum Gasteiger partial charge on any atom is -0.212 e. The molecule has 0 saturated carbocycles. The molecule has 0 aromatic heterocycles. The van der Waals surface area contributed by atoms with Gasteiger partial charge in [0.25, 0.3) is 0 Å². The number of fused-ring (bicyclic) bond motifs is 1. The maximum atomic E-state index is 11.4. The van der Waals surface area contributed by atoms with Gasteiger partial charge in [0.2, 0.25) is 9.05 Å². The number of hydrogen-bond acceptors (Lipinski definition) is 2. The lowest BCUT2D eigenvalue weighted by Gasteiger charge is -2.27. The van der Waals surface area contributed by atoms with Crippen LogP contribution in [0, 0.1) is 0 Å². The van der Waals surface area contributed by atoms with Gasteiger partial charge in [0.15, 0.2) is 0 Å². The van der Waals surface area contributed by atoms with Gasteiger partial charge in [-0.15, -0.1) is 0 Å². The number of halogens is 1. The molecule has 15 heavy (non-hydrogen) atoms. The van der Waals surface area contributed by atoms with E-state index in [1.807, 2.05) is 24.3 Å². The summed E-state index contributed by atoms with van der Waals surface area (Å²) in [5, 5.41) is -0.522. The predicted octanol–water partition coefficient (Wildman–Crippen LogP) is 3.19. The zero-order valence-corrected chi connectivity index (χ0v) is 10.1. The fraction of sp³-hybridized carbons (Fsp3) is 0.455. The first-order valence-corrected chi connectivity index (χ1v) is 7.39. The van der Waals surface area contributed by atoms with Crippen molar-refractivity contribution >= 4 is 19.7 Å². The summed E-state index contributed by atoms with van der Waals surface area (Å²) in [5.74, 6) is 0.427. The quantitative estimate of drug-likeness (QED) is 0.711. The maximum absolute atomic E-state index is 11.4. The summed E-state index contributed by atoms with van der Waals surface area (Å²) in [5.41, 5.74) is 2.00. The maximum Gasteiger partial charge on any atom is 0.239 e. The topological polar surface area (TPSA) is 34.1 Å². The summed E-state index contributed by atoms with van der Waals surface area (Å²) >= 11 is 0. The van der Waals surface area contributed by atoms with Crippen LogP contribution >= 0.6 is 10.7 Å². The molecule has 2 nitrogen and oxygen atoms in total. The highest BCUT2D eigenvalue weighted by Gasteiger charge is 2.32. The Morgan fingerprint density at radius 3 is 2.40 bits per heavy atom. The van der Waals surface area contributed by atoms with E-state index >= 15 is 0 Å². The highest BCUT2D eigenvalue weighted by molar-refractivity contribution is 8.13. The smallest absolute Gasteiger partial charge is 0.212 e. The van der Waals surface area contributed by atoms with Crippen molar-refractivity contribution in [1.82, 2.24) is 0 Å². The van der Waals surface area contributed by atoms with Gasteiger partial charge in [0, 0.05) is 10.7 Å². The largest absolute Gasteiger partial charge is 0.239 e. The summed E-state index contributed by atoms with van der Waals surface area (Å²) in [6.45, 7) is 2.12. The van der Waals surface area contributed by atoms with Crippen LogP contribution in [0.2, 0.25) is 0 Å². The second kappa shape index (κ2) is 3.80. The fourth-order valence-electron chi connectivity index (χ4n) is 2.26. The van der Waals surface area contributed by atoms with Crippen molar-refractivity contribution in [1.29, 1.82) is 0 Å². The highest BCUT2D eigenvalue weighted by Crippen LogP contribution is 2.42. The minimum absolute atomic E-state index is 0.427. The zero-order valence-electron chi connectivity index (χ0n) is 8.48. The van der Waals surface area contributed by atoms with E-state index in [1.54, 1.807) is 0 Å². The van der Waals surface area contributed by atoms with Crippen molar-refractivity contribution in [3.8, 4) is 0 Å². The van der Waals surface area contributed by atoms with Crippen LogP contribution in [-0.2, 0) is 9.05 Å². The molecular weight excluding hydrogens is 232 g/mol. The molecule has 0 bridgehead atoms. The Morgan fingerprint density at radius 1 is 1.20 bits per heavy atom. The summed E-state index contributed by atoms with van der Waals surface area (Å²) in [6, 6.07) is 7.67. The van der Waals surface area contributed by atoms with Gasteiger partial charge in [-0.05, 0) is 29.9 Å². The summed E-state index contributed by atoms with van der Waals surface area (Å²) in [7, 11) is 1.97. The van der Waals surface area contributed by atoms with Gasteiger partial charge in [-0.2, -0.15) is 0 Å². The molecule has 1 aromatic carbocycles. The highest BCUT2D eigenvalue weighted by atomic mass is 35.7. The second-order valence-electron chi connectivity index (χ2n) is 4.07. The molecule has 0 radical (unpaired) electrons. The van der Waals surface area contributed by atoms with E-state index in [4.69, 9.17) is 10.7 Å². The fourth-order valence-corrected chi connectivity index (χ4v) is 3.75. The molecule has 82 valence electrons. The predicted molar refractivity (Wildman–Crippen MR) is 61.6 cm³/mol. The van der Waals surface area contributed by atoms with Crippen LogP contribution in [0.25, 0.3) is 0 Å². The van der Waals surface area contributed by atoms with Crippen LogP contribution in [-0.4, -0.2) is 8.42 Å². The van der Waals surface area contributed by atoms with E-state index in [9.17, 15) is 8.42 Å². The molecule has 4 heteroatoms. The Hall–Kier alpha value is -0.540. The van der Waals surface area contributed by atoms with Gasteiger partial charge in [0.1, 0.15) is 5.25 Å². The van der Waals surface area contributed by atoms with Crippen molar-refractivity contribution in [3.63, 3.8) is 0 Å². The Morgan fingerprint density at radius 2 is 1.80 bits per heavy atom. The molecule has 0 heterocycles. The third-order valence-corrected chi connectivity index (χ3v) is 4.89. The number of hydrogen-bond donors (Lipinski definition) is 0. The first-order chi connectivity index (χ1) is 7.00. The SMILES string of the molecule is CC1CCC(S(=O)(=O)Cl)c2ccccc21. The molecule has 1 aliphatic carbocycles. The molecule has 2 unspecified atom stereocenters. The lowest BCUT2D eigenvalue weighted by Crippen LogP contribution is -2.17. The van der Waals surface area contributed by atoms with Crippen LogP contribution in [0.15, 0.2) is 24.3 Å². The van der Waals surface area contributed by atoms with Crippen LogP contribution in [0.3, 0.4) is 0 Å². The van der Waals surface area contributed by atoms with E-state index in [2.05, 4.69) is 6.92 Å². The Balaban J connectivity index is 2.54.